The smallest absolute Gasteiger partial charge is 0.432 e. The van der Waals surface area contributed by atoms with Gasteiger partial charge in [-0.15, -0.1) is 4.68 Å². The molecule has 0 fully saturated rings. The van der Waals surface area contributed by atoms with E-state index in [1.165, 1.54) is 35.8 Å². The SMILES string of the molecule is CC(OC(=O)OCCOCCOCCOP(=O)(O)O)[n+]1cnn(C[C@](O)(c2ccc(F)cc2F)[C@@H](C)c2ncncc2F)c1. The number of phosphoric ester groups is 1. The maximum absolute atomic E-state index is 14.9. The molecule has 2 heterocycles. The zero-order valence-electron chi connectivity index (χ0n) is 23.7. The summed E-state index contributed by atoms with van der Waals surface area (Å²) >= 11 is 0. The molecule has 3 aromatic rings. The molecule has 3 rings (SSSR count). The van der Waals surface area contributed by atoms with Crippen LogP contribution < -0.4 is 4.57 Å². The van der Waals surface area contributed by atoms with Crippen LogP contribution in [0.2, 0.25) is 0 Å². The molecule has 44 heavy (non-hydrogen) atoms. The van der Waals surface area contributed by atoms with Gasteiger partial charge in [0.05, 0.1) is 44.9 Å². The Kier molecular flexibility index (Phi) is 12.7. The molecule has 1 unspecified atom stereocenters. The molecule has 15 nitrogen and oxygen atoms in total. The minimum Gasteiger partial charge on any atom is -0.432 e. The normalized spacial score (nSPS) is 14.5. The summed E-state index contributed by atoms with van der Waals surface area (Å²) in [5.41, 5.74) is -2.68. The van der Waals surface area contributed by atoms with Crippen molar-refractivity contribution in [1.82, 2.24) is 19.7 Å². The Morgan fingerprint density at radius 2 is 1.75 bits per heavy atom. The van der Waals surface area contributed by atoms with Crippen molar-refractivity contribution in [2.24, 2.45) is 0 Å². The number of benzene rings is 1. The number of rotatable bonds is 17. The fraction of sp³-hybridized carbons (Fsp3) is 0.480. The van der Waals surface area contributed by atoms with Gasteiger partial charge < -0.3 is 33.8 Å². The first-order chi connectivity index (χ1) is 20.8. The lowest BCUT2D eigenvalue weighted by Crippen LogP contribution is -2.41. The molecule has 242 valence electrons. The molecule has 1 aromatic carbocycles. The maximum atomic E-state index is 14.9. The van der Waals surface area contributed by atoms with Crippen LogP contribution in [0.3, 0.4) is 0 Å². The number of ether oxygens (including phenoxy) is 4. The number of phosphoric acid groups is 1. The summed E-state index contributed by atoms with van der Waals surface area (Å²) in [6.45, 7) is 2.26. The Morgan fingerprint density at radius 1 is 1.07 bits per heavy atom. The van der Waals surface area contributed by atoms with E-state index in [1.54, 1.807) is 0 Å². The van der Waals surface area contributed by atoms with E-state index in [1.807, 2.05) is 0 Å². The van der Waals surface area contributed by atoms with Gasteiger partial charge in [0.15, 0.2) is 5.82 Å². The summed E-state index contributed by atoms with van der Waals surface area (Å²) in [7, 11) is -4.54. The molecule has 3 N–H and O–H groups in total. The van der Waals surface area contributed by atoms with Gasteiger partial charge in [-0.1, -0.05) is 13.0 Å². The predicted molar refractivity (Wildman–Crippen MR) is 140 cm³/mol. The number of aromatic nitrogens is 5. The summed E-state index contributed by atoms with van der Waals surface area (Å²) in [6.07, 6.45) is 2.64. The zero-order chi connectivity index (χ0) is 32.3. The van der Waals surface area contributed by atoms with Crippen LogP contribution in [0.15, 0.2) is 43.4 Å². The van der Waals surface area contributed by atoms with E-state index in [0.717, 1.165) is 24.7 Å². The Hall–Kier alpha value is -3.51. The minimum absolute atomic E-state index is 0.0144. The van der Waals surface area contributed by atoms with E-state index in [-0.39, 0.29) is 50.9 Å². The molecule has 0 aliphatic rings. The molecule has 3 atom stereocenters. The van der Waals surface area contributed by atoms with Crippen molar-refractivity contribution in [2.45, 2.75) is 38.1 Å². The average Bonchev–Trinajstić information content (AvgIpc) is 3.41. The second kappa shape index (κ2) is 16.0. The minimum atomic E-state index is -4.54. The number of nitrogens with zero attached hydrogens (tertiary/aromatic N) is 5. The third kappa shape index (κ3) is 10.3. The lowest BCUT2D eigenvalue weighted by molar-refractivity contribution is -0.754. The fourth-order valence-corrected chi connectivity index (χ4v) is 4.29. The third-order valence-corrected chi connectivity index (χ3v) is 6.74. The van der Waals surface area contributed by atoms with Gasteiger partial charge in [0, 0.05) is 29.6 Å². The largest absolute Gasteiger partial charge is 0.511 e. The molecule has 0 radical (unpaired) electrons. The molecule has 2 aromatic heterocycles. The molecule has 19 heteroatoms. The van der Waals surface area contributed by atoms with Gasteiger partial charge >= 0.3 is 14.0 Å². The highest BCUT2D eigenvalue weighted by molar-refractivity contribution is 7.46. The van der Waals surface area contributed by atoms with Crippen molar-refractivity contribution in [2.75, 3.05) is 39.6 Å². The number of halogens is 3. The molecular weight excluding hydrogens is 618 g/mol. The van der Waals surface area contributed by atoms with E-state index in [2.05, 4.69) is 19.6 Å². The van der Waals surface area contributed by atoms with Crippen LogP contribution in [0.5, 0.6) is 0 Å². The van der Waals surface area contributed by atoms with Gasteiger partial charge in [-0.25, -0.2) is 32.5 Å². The van der Waals surface area contributed by atoms with Gasteiger partial charge in [0.2, 0.25) is 12.6 Å². The second-order valence-electron chi connectivity index (χ2n) is 9.28. The van der Waals surface area contributed by atoms with Gasteiger partial charge in [0.1, 0.15) is 36.7 Å². The van der Waals surface area contributed by atoms with Gasteiger partial charge in [-0.2, -0.15) is 4.57 Å². The van der Waals surface area contributed by atoms with Crippen LogP contribution in [0.4, 0.5) is 18.0 Å². The number of hydrogen-bond donors (Lipinski definition) is 3. The van der Waals surface area contributed by atoms with Gasteiger partial charge in [-0.05, 0) is 6.07 Å². The van der Waals surface area contributed by atoms with Crippen LogP contribution in [0, 0.1) is 17.5 Å². The lowest BCUT2D eigenvalue weighted by Gasteiger charge is -2.32. The first-order valence-electron chi connectivity index (χ1n) is 13.1. The van der Waals surface area contributed by atoms with Crippen molar-refractivity contribution in [3.63, 3.8) is 0 Å². The zero-order valence-corrected chi connectivity index (χ0v) is 24.6. The molecule has 0 amide bonds. The van der Waals surface area contributed by atoms with Crippen molar-refractivity contribution < 1.29 is 65.5 Å². The third-order valence-electron chi connectivity index (χ3n) is 6.22. The summed E-state index contributed by atoms with van der Waals surface area (Å²) in [5, 5.41) is 15.9. The monoisotopic (exact) mass is 650 g/mol. The van der Waals surface area contributed by atoms with Crippen molar-refractivity contribution in [3.05, 3.63) is 72.1 Å². The van der Waals surface area contributed by atoms with Gasteiger partial charge in [0.25, 0.3) is 6.33 Å². The second-order valence-corrected chi connectivity index (χ2v) is 10.5. The fourth-order valence-electron chi connectivity index (χ4n) is 3.97. The predicted octanol–water partition coefficient (Wildman–Crippen LogP) is 1.88. The quantitative estimate of drug-likeness (QED) is 0.0832. The molecule has 0 aliphatic carbocycles. The van der Waals surface area contributed by atoms with E-state index < -0.39 is 55.7 Å². The van der Waals surface area contributed by atoms with Crippen LogP contribution in [0.1, 0.15) is 37.3 Å². The number of hydrogen-bond acceptors (Lipinski definition) is 11. The molecule has 0 bridgehead atoms. The standard InChI is InChI=1S/C25H31F3N5O10P/c1-17(23-22(28)12-29-14-30-23)25(35,20-4-3-19(26)11-21(20)27)13-33-16-32(15-31-33)18(2)43-24(34)41-9-7-39-5-6-40-8-10-42-44(36,37)38/h3-4,11-12,14-18,35H,5-10,13H2,1-2H3,(H-,36,37,38)/p+1/t17-,18?,25+/m0/s1. The van der Waals surface area contributed by atoms with Gasteiger partial charge in [-0.3, -0.25) is 4.52 Å². The molecular formula is C25H32F3N5O10P+. The Morgan fingerprint density at radius 3 is 2.41 bits per heavy atom. The highest BCUT2D eigenvalue weighted by Gasteiger charge is 2.43. The highest BCUT2D eigenvalue weighted by atomic mass is 31.2. The first-order valence-corrected chi connectivity index (χ1v) is 14.6. The van der Waals surface area contributed by atoms with Crippen LogP contribution in [-0.4, -0.2) is 80.4 Å². The maximum Gasteiger partial charge on any atom is 0.511 e. The first kappa shape index (κ1) is 35.0. The van der Waals surface area contributed by atoms with Crippen molar-refractivity contribution in [3.8, 4) is 0 Å². The highest BCUT2D eigenvalue weighted by Crippen LogP contribution is 2.39. The Bertz CT molecular complexity index is 1430. The topological polar surface area (TPSA) is 188 Å². The molecule has 0 spiro atoms. The van der Waals surface area contributed by atoms with E-state index >= 15 is 0 Å². The van der Waals surface area contributed by atoms with Crippen molar-refractivity contribution >= 4 is 14.0 Å². The van der Waals surface area contributed by atoms with Crippen LogP contribution >= 0.6 is 7.82 Å². The molecule has 0 aliphatic heterocycles. The number of carbonyl (C=O) groups is 1. The molecule has 0 saturated carbocycles. The summed E-state index contributed by atoms with van der Waals surface area (Å²) in [5.74, 6) is -3.91. The van der Waals surface area contributed by atoms with Crippen molar-refractivity contribution in [1.29, 1.82) is 0 Å². The summed E-state index contributed by atoms with van der Waals surface area (Å²) < 4.78 is 80.8. The summed E-state index contributed by atoms with van der Waals surface area (Å²) in [4.78, 5) is 36.7. The number of carbonyl (C=O) groups excluding carboxylic acids is 1. The Balaban J connectivity index is 1.54. The lowest BCUT2D eigenvalue weighted by atomic mass is 9.79. The van der Waals surface area contributed by atoms with Crippen LogP contribution in [0.25, 0.3) is 0 Å². The summed E-state index contributed by atoms with van der Waals surface area (Å²) in [6, 6.07) is 2.62. The number of aliphatic hydroxyl groups is 1. The molecule has 0 saturated heterocycles. The van der Waals surface area contributed by atoms with E-state index in [0.29, 0.717) is 6.07 Å². The van der Waals surface area contributed by atoms with Crippen LogP contribution in [-0.2, 0) is 40.2 Å². The van der Waals surface area contributed by atoms with E-state index in [9.17, 15) is 27.6 Å². The average molecular weight is 651 g/mol. The van der Waals surface area contributed by atoms with E-state index in [4.69, 9.17) is 28.7 Å². The Labute approximate surface area is 249 Å².